The lowest BCUT2D eigenvalue weighted by atomic mass is 10.1. The molecular weight excluding hydrogens is 428 g/mol. The number of carbonyl (C=O) groups is 5. The van der Waals surface area contributed by atoms with Gasteiger partial charge in [0.15, 0.2) is 0 Å². The molecule has 1 aromatic rings. The summed E-state index contributed by atoms with van der Waals surface area (Å²) in [6.07, 6.45) is -0.567. The monoisotopic (exact) mass is 454 g/mol. The van der Waals surface area contributed by atoms with E-state index in [-0.39, 0.29) is 12.2 Å². The average molecular weight is 455 g/mol. The molecule has 0 aliphatic rings. The summed E-state index contributed by atoms with van der Waals surface area (Å²) in [5.41, 5.74) is 6.73. The molecule has 31 heavy (non-hydrogen) atoms. The maximum atomic E-state index is 12.4. The van der Waals surface area contributed by atoms with Crippen LogP contribution in [0.1, 0.15) is 18.9 Å². The van der Waals surface area contributed by atoms with Gasteiger partial charge in [0.1, 0.15) is 18.1 Å². The Bertz CT molecular complexity index is 806. The Morgan fingerprint density at radius 1 is 0.935 bits per heavy atom. The number of thiol groups is 1. The summed E-state index contributed by atoms with van der Waals surface area (Å²) in [6.45, 7) is 1.28. The van der Waals surface area contributed by atoms with Crippen LogP contribution in [0.25, 0.3) is 0 Å². The number of benzene rings is 1. The van der Waals surface area contributed by atoms with Crippen LogP contribution >= 0.6 is 12.6 Å². The molecule has 1 aromatic carbocycles. The van der Waals surface area contributed by atoms with Crippen LogP contribution in [0.5, 0.6) is 0 Å². The molecule has 4 unspecified atom stereocenters. The Labute approximate surface area is 184 Å². The van der Waals surface area contributed by atoms with E-state index in [0.717, 1.165) is 5.56 Å². The third-order valence-corrected chi connectivity index (χ3v) is 4.56. The topological polar surface area (TPSA) is 188 Å². The molecule has 0 spiro atoms. The van der Waals surface area contributed by atoms with E-state index in [1.54, 1.807) is 0 Å². The van der Waals surface area contributed by atoms with Crippen LogP contribution < -0.4 is 21.7 Å². The Hall–Kier alpha value is -3.12. The molecule has 0 heterocycles. The van der Waals surface area contributed by atoms with Crippen molar-refractivity contribution in [3.05, 3.63) is 35.9 Å². The number of carboxylic acid groups (broad SMARTS) is 2. The van der Waals surface area contributed by atoms with Crippen LogP contribution in [0.2, 0.25) is 0 Å². The molecule has 7 N–H and O–H groups in total. The molecule has 12 heteroatoms. The second kappa shape index (κ2) is 12.5. The summed E-state index contributed by atoms with van der Waals surface area (Å²) in [6, 6.07) is 4.21. The molecule has 1 rings (SSSR count). The normalized spacial score (nSPS) is 14.4. The van der Waals surface area contributed by atoms with E-state index in [4.69, 9.17) is 15.9 Å². The maximum Gasteiger partial charge on any atom is 0.326 e. The van der Waals surface area contributed by atoms with Crippen LogP contribution in [-0.2, 0) is 30.4 Å². The number of amides is 3. The molecule has 0 radical (unpaired) electrons. The number of hydrogen-bond donors (Lipinski definition) is 7. The molecule has 3 amide bonds. The zero-order valence-corrected chi connectivity index (χ0v) is 17.7. The van der Waals surface area contributed by atoms with Crippen LogP contribution in [0.4, 0.5) is 0 Å². The third kappa shape index (κ3) is 9.05. The number of carbonyl (C=O) groups excluding carboxylic acids is 3. The zero-order valence-electron chi connectivity index (χ0n) is 16.8. The molecule has 0 saturated carbocycles. The molecule has 0 aliphatic carbocycles. The van der Waals surface area contributed by atoms with Gasteiger partial charge >= 0.3 is 11.9 Å². The fraction of sp³-hybridized carbons (Fsp3) is 0.421. The van der Waals surface area contributed by atoms with Crippen molar-refractivity contribution in [1.82, 2.24) is 16.0 Å². The Morgan fingerprint density at radius 3 is 2.03 bits per heavy atom. The number of rotatable bonds is 12. The molecule has 0 aromatic heterocycles. The molecule has 0 fully saturated rings. The van der Waals surface area contributed by atoms with Crippen LogP contribution in [-0.4, -0.2) is 69.8 Å². The van der Waals surface area contributed by atoms with Crippen molar-refractivity contribution < 1.29 is 34.2 Å². The molecule has 4 atom stereocenters. The predicted molar refractivity (Wildman–Crippen MR) is 113 cm³/mol. The van der Waals surface area contributed by atoms with E-state index in [9.17, 15) is 24.0 Å². The predicted octanol–water partition coefficient (Wildman–Crippen LogP) is -1.48. The Balaban J connectivity index is 2.63. The number of nitrogens with two attached hydrogens (primary N) is 1. The summed E-state index contributed by atoms with van der Waals surface area (Å²) in [4.78, 5) is 58.6. The SMILES string of the molecule is CC(NC(=O)C(CS)NC(=O)C(N)Cc1ccccc1)C(=O)NC(CC(=O)O)C(=O)O. The number of hydrogen-bond acceptors (Lipinski definition) is 7. The molecule has 11 nitrogen and oxygen atoms in total. The van der Waals surface area contributed by atoms with Gasteiger partial charge in [0.05, 0.1) is 12.5 Å². The fourth-order valence-electron chi connectivity index (χ4n) is 2.48. The summed E-state index contributed by atoms with van der Waals surface area (Å²) in [5, 5.41) is 24.5. The number of carboxylic acids is 2. The van der Waals surface area contributed by atoms with E-state index in [0.29, 0.717) is 0 Å². The molecule has 0 bridgehead atoms. The van der Waals surface area contributed by atoms with Gasteiger partial charge in [0.25, 0.3) is 0 Å². The first-order valence-corrected chi connectivity index (χ1v) is 9.94. The van der Waals surface area contributed by atoms with Crippen LogP contribution in [0, 0.1) is 0 Å². The number of nitrogens with one attached hydrogen (secondary N) is 3. The van der Waals surface area contributed by atoms with Gasteiger partial charge in [-0.2, -0.15) is 12.6 Å². The van der Waals surface area contributed by atoms with E-state index in [1.165, 1.54) is 6.92 Å². The summed E-state index contributed by atoms with van der Waals surface area (Å²) >= 11 is 4.03. The first-order valence-electron chi connectivity index (χ1n) is 9.31. The van der Waals surface area contributed by atoms with Crippen LogP contribution in [0.15, 0.2) is 30.3 Å². The van der Waals surface area contributed by atoms with Crippen molar-refractivity contribution in [3.63, 3.8) is 0 Å². The standard InChI is InChI=1S/C19H26N4O7S/c1-10(16(26)22-13(19(29)30)8-15(24)25)21-18(28)14(9-31)23-17(27)12(20)7-11-5-3-2-4-6-11/h2-6,10,12-14,31H,7-9,20H2,1H3,(H,21,28)(H,22,26)(H,23,27)(H,24,25)(H,29,30). The van der Waals surface area contributed by atoms with Crippen molar-refractivity contribution in [2.24, 2.45) is 5.73 Å². The van der Waals surface area contributed by atoms with Crippen molar-refractivity contribution in [2.45, 2.75) is 43.9 Å². The van der Waals surface area contributed by atoms with Gasteiger partial charge < -0.3 is 31.9 Å². The lowest BCUT2D eigenvalue weighted by molar-refractivity contribution is -0.147. The summed E-state index contributed by atoms with van der Waals surface area (Å²) < 4.78 is 0. The van der Waals surface area contributed by atoms with E-state index in [2.05, 4.69) is 23.3 Å². The third-order valence-electron chi connectivity index (χ3n) is 4.20. The van der Waals surface area contributed by atoms with Gasteiger partial charge in [0, 0.05) is 5.75 Å². The highest BCUT2D eigenvalue weighted by molar-refractivity contribution is 7.80. The van der Waals surface area contributed by atoms with Gasteiger partial charge in [-0.3, -0.25) is 19.2 Å². The van der Waals surface area contributed by atoms with Gasteiger partial charge in [0.2, 0.25) is 17.7 Å². The number of aliphatic carboxylic acids is 2. The van der Waals surface area contributed by atoms with Crippen molar-refractivity contribution in [2.75, 3.05) is 5.75 Å². The minimum Gasteiger partial charge on any atom is -0.481 e. The van der Waals surface area contributed by atoms with E-state index < -0.39 is 60.2 Å². The summed E-state index contributed by atoms with van der Waals surface area (Å²) in [5.74, 6) is -5.23. The van der Waals surface area contributed by atoms with Gasteiger partial charge in [-0.05, 0) is 18.9 Å². The Kier molecular flexibility index (Phi) is 10.5. The molecule has 170 valence electrons. The van der Waals surface area contributed by atoms with E-state index >= 15 is 0 Å². The highest BCUT2D eigenvalue weighted by Crippen LogP contribution is 2.03. The first kappa shape index (κ1) is 25.9. The van der Waals surface area contributed by atoms with Gasteiger partial charge in [-0.15, -0.1) is 0 Å². The lowest BCUT2D eigenvalue weighted by Crippen LogP contribution is -2.57. The minimum absolute atomic E-state index is 0.0826. The Morgan fingerprint density at radius 2 is 1.52 bits per heavy atom. The molecule has 0 aliphatic heterocycles. The van der Waals surface area contributed by atoms with Crippen molar-refractivity contribution in [1.29, 1.82) is 0 Å². The smallest absolute Gasteiger partial charge is 0.326 e. The van der Waals surface area contributed by atoms with Gasteiger partial charge in [-0.1, -0.05) is 30.3 Å². The average Bonchev–Trinajstić information content (AvgIpc) is 2.71. The zero-order chi connectivity index (χ0) is 23.6. The second-order valence-corrected chi connectivity index (χ2v) is 7.13. The quantitative estimate of drug-likeness (QED) is 0.186. The van der Waals surface area contributed by atoms with E-state index in [1.807, 2.05) is 35.6 Å². The van der Waals surface area contributed by atoms with Crippen LogP contribution in [0.3, 0.4) is 0 Å². The minimum atomic E-state index is -1.65. The highest BCUT2D eigenvalue weighted by atomic mass is 32.1. The maximum absolute atomic E-state index is 12.4. The van der Waals surface area contributed by atoms with Crippen molar-refractivity contribution in [3.8, 4) is 0 Å². The van der Waals surface area contributed by atoms with Crippen molar-refractivity contribution >= 4 is 42.3 Å². The summed E-state index contributed by atoms with van der Waals surface area (Å²) in [7, 11) is 0. The lowest BCUT2D eigenvalue weighted by Gasteiger charge is -2.22. The highest BCUT2D eigenvalue weighted by Gasteiger charge is 2.28. The molecular formula is C19H26N4O7S. The first-order chi connectivity index (χ1) is 14.5. The fourth-order valence-corrected chi connectivity index (χ4v) is 2.74. The largest absolute Gasteiger partial charge is 0.481 e. The second-order valence-electron chi connectivity index (χ2n) is 6.77. The molecule has 0 saturated heterocycles. The van der Waals surface area contributed by atoms with Gasteiger partial charge in [-0.25, -0.2) is 4.79 Å².